The summed E-state index contributed by atoms with van der Waals surface area (Å²) in [5.74, 6) is 4.54. The molecule has 1 radical (unpaired) electrons. The van der Waals surface area contributed by atoms with E-state index in [0.29, 0.717) is 0 Å². The Kier molecular flexibility index (Phi) is 17.4. The zero-order chi connectivity index (χ0) is 18.9. The van der Waals surface area contributed by atoms with Crippen LogP contribution in [0.25, 0.3) is 0 Å². The first kappa shape index (κ1) is 25.0. The molecule has 0 aromatic heterocycles. The van der Waals surface area contributed by atoms with Crippen LogP contribution >= 0.6 is 0 Å². The Hall–Kier alpha value is 0. The van der Waals surface area contributed by atoms with Crippen molar-refractivity contribution in [3.8, 4) is 0 Å². The highest BCUT2D eigenvalue weighted by atomic mass is 14.1. The van der Waals surface area contributed by atoms with E-state index in [1.807, 2.05) is 5.92 Å². The summed E-state index contributed by atoms with van der Waals surface area (Å²) in [6, 6.07) is 0. The van der Waals surface area contributed by atoms with E-state index in [-0.39, 0.29) is 0 Å². The molecule has 0 aromatic carbocycles. The van der Waals surface area contributed by atoms with Crippen molar-refractivity contribution < 1.29 is 0 Å². The summed E-state index contributed by atoms with van der Waals surface area (Å²) < 4.78 is 0. The zero-order valence-corrected chi connectivity index (χ0v) is 18.8. The van der Waals surface area contributed by atoms with Gasteiger partial charge in [-0.3, -0.25) is 0 Å². The van der Waals surface area contributed by atoms with Gasteiger partial charge in [0.1, 0.15) is 0 Å². The van der Waals surface area contributed by atoms with Crippen LogP contribution in [0.1, 0.15) is 138 Å². The predicted octanol–water partition coefficient (Wildman–Crippen LogP) is 9.38. The van der Waals surface area contributed by atoms with E-state index in [9.17, 15) is 0 Å². The molecule has 0 aliphatic rings. The van der Waals surface area contributed by atoms with Gasteiger partial charge in [0.25, 0.3) is 0 Å². The summed E-state index contributed by atoms with van der Waals surface area (Å²) in [6.07, 6.45) is 21.5. The van der Waals surface area contributed by atoms with Gasteiger partial charge in [0, 0.05) is 0 Å². The Morgan fingerprint density at radius 2 is 0.680 bits per heavy atom. The van der Waals surface area contributed by atoms with Gasteiger partial charge in [-0.05, 0) is 42.9 Å². The first-order valence-corrected chi connectivity index (χ1v) is 11.7. The number of rotatable bonds is 18. The molecule has 0 spiro atoms. The van der Waals surface area contributed by atoms with Crippen LogP contribution in [0.3, 0.4) is 0 Å². The summed E-state index contributed by atoms with van der Waals surface area (Å²) in [7, 11) is 0. The summed E-state index contributed by atoms with van der Waals surface area (Å²) in [5, 5.41) is 0. The number of hydrogen-bond donors (Lipinski definition) is 0. The molecule has 0 saturated carbocycles. The van der Waals surface area contributed by atoms with Gasteiger partial charge in [0.05, 0.1) is 0 Å². The Morgan fingerprint density at radius 3 is 0.920 bits per heavy atom. The van der Waals surface area contributed by atoms with Gasteiger partial charge in [0.15, 0.2) is 0 Å². The van der Waals surface area contributed by atoms with Gasteiger partial charge in [-0.1, -0.05) is 119 Å². The lowest BCUT2D eigenvalue weighted by atomic mass is 9.89. The monoisotopic (exact) mass is 351 g/mol. The molecule has 151 valence electrons. The summed E-state index contributed by atoms with van der Waals surface area (Å²) in [4.78, 5) is 0. The molecular weight excluding hydrogens is 300 g/mol. The largest absolute Gasteiger partial charge is 0.0628 e. The molecule has 25 heavy (non-hydrogen) atoms. The fourth-order valence-electron chi connectivity index (χ4n) is 3.69. The van der Waals surface area contributed by atoms with Crippen LogP contribution in [0.4, 0.5) is 0 Å². The van der Waals surface area contributed by atoms with E-state index in [0.717, 1.165) is 17.8 Å². The Morgan fingerprint density at radius 1 is 0.400 bits per heavy atom. The molecule has 0 fully saturated rings. The maximum Gasteiger partial charge on any atom is -0.0241 e. The van der Waals surface area contributed by atoms with E-state index >= 15 is 0 Å². The second kappa shape index (κ2) is 17.4. The summed E-state index contributed by atoms with van der Waals surface area (Å²) in [6.45, 7) is 14.1. The third kappa shape index (κ3) is 20.2. The van der Waals surface area contributed by atoms with E-state index in [1.165, 1.54) is 96.3 Å². The smallest absolute Gasteiger partial charge is 0.0241 e. The molecule has 0 aromatic rings. The van der Waals surface area contributed by atoms with Crippen molar-refractivity contribution >= 4 is 0 Å². The zero-order valence-electron chi connectivity index (χ0n) is 18.8. The molecule has 0 bridgehead atoms. The van der Waals surface area contributed by atoms with Crippen molar-refractivity contribution in [3.05, 3.63) is 5.92 Å². The topological polar surface area (TPSA) is 0 Å². The van der Waals surface area contributed by atoms with Crippen LogP contribution in [-0.4, -0.2) is 0 Å². The lowest BCUT2D eigenvalue weighted by molar-refractivity contribution is 0.479. The van der Waals surface area contributed by atoms with E-state index in [4.69, 9.17) is 0 Å². The first-order chi connectivity index (χ1) is 11.9. The van der Waals surface area contributed by atoms with Crippen molar-refractivity contribution in [3.63, 3.8) is 0 Å². The minimum atomic E-state index is 0.880. The maximum atomic E-state index is 2.35. The fraction of sp³-hybridized carbons (Fsp3) is 0.960. The second-order valence-electron chi connectivity index (χ2n) is 9.73. The minimum Gasteiger partial charge on any atom is -0.0628 e. The quantitative estimate of drug-likeness (QED) is 0.216. The standard InChI is InChI=1S/C25H51/c1-22(2)16-10-7-13-19-25(20-14-8-11-17-23(3)4)21-15-9-12-18-24(5)6/h22-24H,7-21H2,1-6H3. The molecule has 0 amide bonds. The lowest BCUT2D eigenvalue weighted by Gasteiger charge is -2.17. The molecule has 0 unspecified atom stereocenters. The average Bonchev–Trinajstić information content (AvgIpc) is 2.52. The molecule has 0 rings (SSSR count). The second-order valence-corrected chi connectivity index (χ2v) is 9.73. The van der Waals surface area contributed by atoms with E-state index in [1.54, 1.807) is 0 Å². The number of hydrogen-bond acceptors (Lipinski definition) is 0. The van der Waals surface area contributed by atoms with Crippen LogP contribution < -0.4 is 0 Å². The van der Waals surface area contributed by atoms with Crippen molar-refractivity contribution in [1.82, 2.24) is 0 Å². The Balaban J connectivity index is 3.87. The van der Waals surface area contributed by atoms with Crippen LogP contribution in [0.15, 0.2) is 0 Å². The van der Waals surface area contributed by atoms with Gasteiger partial charge in [-0.15, -0.1) is 0 Å². The highest BCUT2D eigenvalue weighted by Gasteiger charge is 2.09. The molecule has 0 aliphatic carbocycles. The lowest BCUT2D eigenvalue weighted by Crippen LogP contribution is -2.00. The van der Waals surface area contributed by atoms with Crippen LogP contribution in [0.2, 0.25) is 0 Å². The predicted molar refractivity (Wildman–Crippen MR) is 117 cm³/mol. The first-order valence-electron chi connectivity index (χ1n) is 11.7. The SMILES string of the molecule is CC(C)CCCCC[C](CCCCCC(C)C)CCCCCC(C)C. The molecule has 0 aliphatic heterocycles. The highest BCUT2D eigenvalue weighted by molar-refractivity contribution is 4.89. The van der Waals surface area contributed by atoms with Crippen LogP contribution in [0, 0.1) is 23.7 Å². The Labute approximate surface area is 161 Å². The van der Waals surface area contributed by atoms with E-state index < -0.39 is 0 Å². The molecule has 0 atom stereocenters. The van der Waals surface area contributed by atoms with Gasteiger partial charge < -0.3 is 0 Å². The Bertz CT molecular complexity index is 208. The fourth-order valence-corrected chi connectivity index (χ4v) is 3.69. The molecule has 0 heterocycles. The minimum absolute atomic E-state index is 0.880. The van der Waals surface area contributed by atoms with Gasteiger partial charge in [-0.25, -0.2) is 0 Å². The summed E-state index contributed by atoms with van der Waals surface area (Å²) >= 11 is 0. The van der Waals surface area contributed by atoms with Crippen molar-refractivity contribution in [2.75, 3.05) is 0 Å². The van der Waals surface area contributed by atoms with Gasteiger partial charge in [-0.2, -0.15) is 0 Å². The molecule has 0 nitrogen and oxygen atoms in total. The molecular formula is C25H51. The molecule has 0 N–H and O–H groups in total. The molecule has 0 saturated heterocycles. The van der Waals surface area contributed by atoms with Crippen molar-refractivity contribution in [2.24, 2.45) is 17.8 Å². The summed E-state index contributed by atoms with van der Waals surface area (Å²) in [5.41, 5.74) is 0. The van der Waals surface area contributed by atoms with Crippen molar-refractivity contribution in [2.45, 2.75) is 138 Å². The number of unbranched alkanes of at least 4 members (excludes halogenated alkanes) is 6. The van der Waals surface area contributed by atoms with Crippen molar-refractivity contribution in [1.29, 1.82) is 0 Å². The van der Waals surface area contributed by atoms with E-state index in [2.05, 4.69) is 41.5 Å². The average molecular weight is 352 g/mol. The molecule has 0 heteroatoms. The van der Waals surface area contributed by atoms with Crippen LogP contribution in [-0.2, 0) is 0 Å². The third-order valence-electron chi connectivity index (χ3n) is 5.44. The third-order valence-corrected chi connectivity index (χ3v) is 5.44. The highest BCUT2D eigenvalue weighted by Crippen LogP contribution is 2.26. The maximum absolute atomic E-state index is 2.35. The van der Waals surface area contributed by atoms with Crippen LogP contribution in [0.5, 0.6) is 0 Å². The van der Waals surface area contributed by atoms with Gasteiger partial charge in [0.2, 0.25) is 0 Å². The van der Waals surface area contributed by atoms with Gasteiger partial charge >= 0.3 is 0 Å². The normalized spacial score (nSPS) is 12.2.